The predicted octanol–water partition coefficient (Wildman–Crippen LogP) is 3.84. The topological polar surface area (TPSA) is 64.6 Å². The normalized spacial score (nSPS) is 13.3. The maximum Gasteiger partial charge on any atom is 0.511 e. The van der Waals surface area contributed by atoms with E-state index in [-0.39, 0.29) is 22.6 Å². The fraction of sp³-hybridized carbons (Fsp3) is 0.250. The van der Waals surface area contributed by atoms with Crippen molar-refractivity contribution >= 4 is 32.6 Å². The Balaban J connectivity index is 2.72. The van der Waals surface area contributed by atoms with Crippen LogP contribution in [0.15, 0.2) is 42.5 Å². The fourth-order valence-corrected chi connectivity index (χ4v) is 3.85. The number of nitrogens with one attached hydrogen (secondary N) is 1. The lowest BCUT2D eigenvalue weighted by Gasteiger charge is -2.25. The lowest BCUT2D eigenvalue weighted by atomic mass is 9.98. The number of methoxy groups -OCH3 is 2. The first-order valence-corrected chi connectivity index (χ1v) is 9.72. The quantitative estimate of drug-likeness (QED) is 0.612. The van der Waals surface area contributed by atoms with Gasteiger partial charge in [0.1, 0.15) is 11.5 Å². The lowest BCUT2D eigenvalue weighted by Crippen LogP contribution is -2.39. The first kappa shape index (κ1) is 20.8. The molecule has 1 atom stereocenters. The van der Waals surface area contributed by atoms with Gasteiger partial charge in [-0.2, -0.15) is 17.9 Å². The summed E-state index contributed by atoms with van der Waals surface area (Å²) in [5, 5.41) is 0. The Hall–Kier alpha value is -1.53. The van der Waals surface area contributed by atoms with Gasteiger partial charge in [-0.15, -0.1) is 0 Å². The van der Waals surface area contributed by atoms with E-state index in [0.717, 1.165) is 0 Å². The monoisotopic (exact) mass is 501 g/mol. The van der Waals surface area contributed by atoms with Crippen molar-refractivity contribution in [1.29, 1.82) is 0 Å². The highest BCUT2D eigenvalue weighted by Crippen LogP contribution is 2.39. The van der Waals surface area contributed by atoms with Crippen LogP contribution in [0.3, 0.4) is 0 Å². The van der Waals surface area contributed by atoms with Crippen molar-refractivity contribution in [1.82, 2.24) is 4.72 Å². The lowest BCUT2D eigenvalue weighted by molar-refractivity contribution is -0.0450. The second-order valence-corrected chi connectivity index (χ2v) is 7.97. The highest BCUT2D eigenvalue weighted by Gasteiger charge is 2.47. The van der Waals surface area contributed by atoms with Crippen LogP contribution < -0.4 is 14.2 Å². The second-order valence-electron chi connectivity index (χ2n) is 5.10. The van der Waals surface area contributed by atoms with E-state index in [1.165, 1.54) is 26.4 Å². The molecular weight excluding hydrogens is 486 g/mol. The van der Waals surface area contributed by atoms with Gasteiger partial charge in [-0.25, -0.2) is 8.42 Å². The van der Waals surface area contributed by atoms with Crippen molar-refractivity contribution in [3.05, 3.63) is 57.2 Å². The van der Waals surface area contributed by atoms with E-state index in [1.807, 2.05) is 22.6 Å². The SMILES string of the molecule is COc1ccccc1C(NS(=O)(=O)C(F)(F)F)c1c(I)cccc1OC. The molecule has 0 saturated carbocycles. The van der Waals surface area contributed by atoms with E-state index in [4.69, 9.17) is 9.47 Å². The smallest absolute Gasteiger partial charge is 0.496 e. The number of hydrogen-bond donors (Lipinski definition) is 1. The Morgan fingerprint density at radius 3 is 2.15 bits per heavy atom. The molecular formula is C16H15F3INO4S. The van der Waals surface area contributed by atoms with Gasteiger partial charge in [0.2, 0.25) is 0 Å². The minimum absolute atomic E-state index is 0.227. The molecule has 0 fully saturated rings. The zero-order valence-electron chi connectivity index (χ0n) is 13.7. The molecule has 0 aliphatic rings. The van der Waals surface area contributed by atoms with Crippen molar-refractivity contribution in [3.8, 4) is 11.5 Å². The van der Waals surface area contributed by atoms with Crippen molar-refractivity contribution in [3.63, 3.8) is 0 Å². The van der Waals surface area contributed by atoms with Gasteiger partial charge in [-0.1, -0.05) is 24.3 Å². The molecule has 2 aromatic rings. The average molecular weight is 501 g/mol. The van der Waals surface area contributed by atoms with Gasteiger partial charge in [0.15, 0.2) is 0 Å². The number of halogens is 4. The maximum atomic E-state index is 13.0. The van der Waals surface area contributed by atoms with Crippen LogP contribution in [0.4, 0.5) is 13.2 Å². The zero-order valence-corrected chi connectivity index (χ0v) is 16.6. The summed E-state index contributed by atoms with van der Waals surface area (Å²) in [4.78, 5) is 0. The molecule has 0 aromatic heterocycles. The van der Waals surface area contributed by atoms with Crippen molar-refractivity contribution < 1.29 is 31.1 Å². The van der Waals surface area contributed by atoms with Crippen LogP contribution in [-0.2, 0) is 10.0 Å². The highest BCUT2D eigenvalue weighted by molar-refractivity contribution is 14.1. The van der Waals surface area contributed by atoms with Crippen LogP contribution in [0.2, 0.25) is 0 Å². The Bertz CT molecular complexity index is 887. The van der Waals surface area contributed by atoms with Gasteiger partial charge in [0.25, 0.3) is 0 Å². The number of benzene rings is 2. The minimum atomic E-state index is -5.62. The summed E-state index contributed by atoms with van der Waals surface area (Å²) in [5.41, 5.74) is -4.97. The Morgan fingerprint density at radius 1 is 1.00 bits per heavy atom. The van der Waals surface area contributed by atoms with Crippen molar-refractivity contribution in [2.24, 2.45) is 0 Å². The van der Waals surface area contributed by atoms with Crippen molar-refractivity contribution in [2.45, 2.75) is 11.6 Å². The summed E-state index contributed by atoms with van der Waals surface area (Å²) in [7, 11) is -2.92. The summed E-state index contributed by atoms with van der Waals surface area (Å²) in [6.45, 7) is 0. The third-order valence-corrected chi connectivity index (χ3v) is 5.65. The molecule has 2 rings (SSSR count). The van der Waals surface area contributed by atoms with Crippen LogP contribution in [0.5, 0.6) is 11.5 Å². The number of ether oxygens (including phenoxy) is 2. The summed E-state index contributed by atoms with van der Waals surface area (Å²) in [6, 6.07) is 9.71. The van der Waals surface area contributed by atoms with E-state index >= 15 is 0 Å². The van der Waals surface area contributed by atoms with Gasteiger partial charge in [0, 0.05) is 14.7 Å². The van der Waals surface area contributed by atoms with Crippen LogP contribution >= 0.6 is 22.6 Å². The number of para-hydroxylation sites is 1. The van der Waals surface area contributed by atoms with Crippen LogP contribution in [-0.4, -0.2) is 28.1 Å². The molecule has 1 unspecified atom stereocenters. The molecule has 0 aliphatic heterocycles. The molecule has 142 valence electrons. The summed E-state index contributed by atoms with van der Waals surface area (Å²) >= 11 is 1.91. The molecule has 2 aromatic carbocycles. The summed E-state index contributed by atoms with van der Waals surface area (Å²) in [5.74, 6) is 0.488. The van der Waals surface area contributed by atoms with E-state index in [1.54, 1.807) is 35.1 Å². The van der Waals surface area contributed by atoms with E-state index in [0.29, 0.717) is 3.57 Å². The molecule has 5 nitrogen and oxygen atoms in total. The molecule has 26 heavy (non-hydrogen) atoms. The molecule has 10 heteroatoms. The fourth-order valence-electron chi connectivity index (χ4n) is 2.38. The minimum Gasteiger partial charge on any atom is -0.496 e. The van der Waals surface area contributed by atoms with Gasteiger partial charge in [0.05, 0.1) is 20.3 Å². The van der Waals surface area contributed by atoms with Crippen LogP contribution in [0.25, 0.3) is 0 Å². The molecule has 0 spiro atoms. The Kier molecular flexibility index (Phi) is 6.40. The second kappa shape index (κ2) is 8.01. The predicted molar refractivity (Wildman–Crippen MR) is 98.7 cm³/mol. The molecule has 0 radical (unpaired) electrons. The number of hydrogen-bond acceptors (Lipinski definition) is 4. The van der Waals surface area contributed by atoms with E-state index in [2.05, 4.69) is 0 Å². The van der Waals surface area contributed by atoms with Crippen LogP contribution in [0.1, 0.15) is 17.2 Å². The Labute approximate surface area is 162 Å². The first-order valence-electron chi connectivity index (χ1n) is 7.16. The first-order chi connectivity index (χ1) is 12.1. The van der Waals surface area contributed by atoms with Crippen molar-refractivity contribution in [2.75, 3.05) is 14.2 Å². The zero-order chi connectivity index (χ0) is 19.5. The number of rotatable bonds is 6. The summed E-state index contributed by atoms with van der Waals surface area (Å²) in [6.07, 6.45) is 0. The maximum absolute atomic E-state index is 13.0. The molecule has 0 aliphatic carbocycles. The largest absolute Gasteiger partial charge is 0.511 e. The molecule has 1 N–H and O–H groups in total. The average Bonchev–Trinajstić information content (AvgIpc) is 2.58. The third kappa shape index (κ3) is 4.23. The molecule has 0 bridgehead atoms. The third-order valence-electron chi connectivity index (χ3n) is 3.55. The summed E-state index contributed by atoms with van der Waals surface area (Å²) < 4.78 is 75.2. The standard InChI is InChI=1S/C16H15F3INO4S/c1-24-12-8-4-3-6-10(12)15(21-26(22,23)16(17,18)19)14-11(20)7-5-9-13(14)25-2/h3-9,15,21H,1-2H3. The highest BCUT2D eigenvalue weighted by atomic mass is 127. The molecule has 0 saturated heterocycles. The van der Waals surface area contributed by atoms with E-state index < -0.39 is 21.6 Å². The van der Waals surface area contributed by atoms with Crippen LogP contribution in [0, 0.1) is 3.57 Å². The van der Waals surface area contributed by atoms with Gasteiger partial charge >= 0.3 is 15.5 Å². The molecule has 0 amide bonds. The van der Waals surface area contributed by atoms with Gasteiger partial charge in [-0.05, 0) is 40.8 Å². The Morgan fingerprint density at radius 2 is 1.58 bits per heavy atom. The molecule has 0 heterocycles. The van der Waals surface area contributed by atoms with Gasteiger partial charge in [-0.3, -0.25) is 0 Å². The van der Waals surface area contributed by atoms with Gasteiger partial charge < -0.3 is 9.47 Å². The number of sulfonamides is 1. The number of alkyl halides is 3. The van der Waals surface area contributed by atoms with E-state index in [9.17, 15) is 21.6 Å².